The van der Waals surface area contributed by atoms with Gasteiger partial charge in [0.05, 0.1) is 23.7 Å². The van der Waals surface area contributed by atoms with E-state index in [4.69, 9.17) is 4.74 Å². The lowest BCUT2D eigenvalue weighted by Gasteiger charge is -2.32. The third-order valence-corrected chi connectivity index (χ3v) is 6.63. The van der Waals surface area contributed by atoms with E-state index in [1.54, 1.807) is 37.3 Å². The minimum absolute atomic E-state index is 0.0241. The van der Waals surface area contributed by atoms with Crippen molar-refractivity contribution in [3.8, 4) is 0 Å². The van der Waals surface area contributed by atoms with Crippen LogP contribution in [-0.2, 0) is 33.1 Å². The topological polar surface area (TPSA) is 79.0 Å². The molecule has 224 valence electrons. The second-order valence-corrected chi connectivity index (χ2v) is 9.63. The molecule has 1 saturated heterocycles. The SMILES string of the molecule is CCOC(=O)C1CCCN(C(=O)CCN(CCc2ccccc2)C(=O)Nc2cc(C(F)(F)F)cc(C(F)(F)F)c2)C1. The summed E-state index contributed by atoms with van der Waals surface area (Å²) in [6, 6.07) is 8.82. The average Bonchev–Trinajstić information content (AvgIpc) is 2.92. The Morgan fingerprint density at radius 2 is 1.61 bits per heavy atom. The van der Waals surface area contributed by atoms with Gasteiger partial charge in [-0.15, -0.1) is 0 Å². The number of nitrogens with zero attached hydrogens (tertiary/aromatic N) is 2. The first kappa shape index (κ1) is 31.8. The number of amides is 3. The van der Waals surface area contributed by atoms with Crippen LogP contribution in [0, 0.1) is 5.92 Å². The minimum atomic E-state index is -5.07. The van der Waals surface area contributed by atoms with Gasteiger partial charge in [-0.05, 0) is 49.9 Å². The molecular formula is C28H31F6N3O4. The Morgan fingerprint density at radius 3 is 2.20 bits per heavy atom. The van der Waals surface area contributed by atoms with Crippen LogP contribution in [-0.4, -0.2) is 60.5 Å². The lowest BCUT2D eigenvalue weighted by atomic mass is 9.98. The number of rotatable bonds is 9. The number of carbonyl (C=O) groups is 3. The summed E-state index contributed by atoms with van der Waals surface area (Å²) < 4.78 is 84.8. The number of hydrogen-bond donors (Lipinski definition) is 1. The average molecular weight is 588 g/mol. The molecule has 2 aromatic carbocycles. The predicted molar refractivity (Wildman–Crippen MR) is 138 cm³/mol. The highest BCUT2D eigenvalue weighted by molar-refractivity contribution is 5.90. The monoisotopic (exact) mass is 587 g/mol. The highest BCUT2D eigenvalue weighted by atomic mass is 19.4. The van der Waals surface area contributed by atoms with Crippen LogP contribution in [0.15, 0.2) is 48.5 Å². The van der Waals surface area contributed by atoms with Gasteiger partial charge in [0.1, 0.15) is 0 Å². The first-order valence-electron chi connectivity index (χ1n) is 13.1. The number of hydrogen-bond acceptors (Lipinski definition) is 4. The van der Waals surface area contributed by atoms with Gasteiger partial charge in [0.25, 0.3) is 0 Å². The molecule has 1 aliphatic rings. The molecule has 7 nitrogen and oxygen atoms in total. The van der Waals surface area contributed by atoms with E-state index in [-0.39, 0.29) is 44.6 Å². The number of ether oxygens (including phenoxy) is 1. The molecule has 0 aliphatic carbocycles. The van der Waals surface area contributed by atoms with Gasteiger partial charge < -0.3 is 19.9 Å². The normalized spacial score (nSPS) is 15.8. The van der Waals surface area contributed by atoms with Crippen molar-refractivity contribution in [1.29, 1.82) is 0 Å². The van der Waals surface area contributed by atoms with E-state index >= 15 is 0 Å². The molecule has 0 aromatic heterocycles. The van der Waals surface area contributed by atoms with Crippen LogP contribution in [0.4, 0.5) is 36.8 Å². The smallest absolute Gasteiger partial charge is 0.416 e. The predicted octanol–water partition coefficient (Wildman–Crippen LogP) is 5.99. The molecule has 2 aromatic rings. The van der Waals surface area contributed by atoms with Gasteiger partial charge in [0.15, 0.2) is 0 Å². The molecule has 3 amide bonds. The molecule has 41 heavy (non-hydrogen) atoms. The van der Waals surface area contributed by atoms with E-state index in [1.165, 1.54) is 9.80 Å². The zero-order valence-electron chi connectivity index (χ0n) is 22.4. The first-order chi connectivity index (χ1) is 19.3. The minimum Gasteiger partial charge on any atom is -0.466 e. The number of anilines is 1. The van der Waals surface area contributed by atoms with Crippen molar-refractivity contribution >= 4 is 23.6 Å². The molecule has 0 saturated carbocycles. The molecule has 1 unspecified atom stereocenters. The molecule has 1 heterocycles. The number of carbonyl (C=O) groups excluding carboxylic acids is 3. The van der Waals surface area contributed by atoms with Crippen LogP contribution < -0.4 is 5.32 Å². The highest BCUT2D eigenvalue weighted by Crippen LogP contribution is 2.37. The molecular weight excluding hydrogens is 556 g/mol. The highest BCUT2D eigenvalue weighted by Gasteiger charge is 2.37. The number of nitrogens with one attached hydrogen (secondary N) is 1. The quantitative estimate of drug-likeness (QED) is 0.289. The van der Waals surface area contributed by atoms with E-state index in [0.29, 0.717) is 37.9 Å². The van der Waals surface area contributed by atoms with Crippen molar-refractivity contribution in [3.05, 3.63) is 65.2 Å². The van der Waals surface area contributed by atoms with Crippen LogP contribution in [0.2, 0.25) is 0 Å². The van der Waals surface area contributed by atoms with Crippen LogP contribution >= 0.6 is 0 Å². The largest absolute Gasteiger partial charge is 0.466 e. The van der Waals surface area contributed by atoms with Crippen molar-refractivity contribution in [3.63, 3.8) is 0 Å². The van der Waals surface area contributed by atoms with Gasteiger partial charge in [-0.25, -0.2) is 4.79 Å². The Bertz CT molecular complexity index is 1170. The molecule has 1 aliphatic heterocycles. The van der Waals surface area contributed by atoms with Gasteiger partial charge >= 0.3 is 24.4 Å². The standard InChI is InChI=1S/C28H31F6N3O4/c1-2-41-25(39)20-9-6-12-37(18-20)24(38)11-14-36(13-10-19-7-4-3-5-8-19)26(40)35-23-16-21(27(29,30)31)15-22(17-23)28(32,33)34/h3-5,7-8,15-17,20H,2,6,9-14,18H2,1H3,(H,35,40). The number of halogens is 6. The fourth-order valence-corrected chi connectivity index (χ4v) is 4.50. The maximum atomic E-state index is 13.3. The number of likely N-dealkylation sites (tertiary alicyclic amines) is 1. The molecule has 0 radical (unpaired) electrons. The Balaban J connectivity index is 1.75. The summed E-state index contributed by atoms with van der Waals surface area (Å²) in [4.78, 5) is 40.9. The van der Waals surface area contributed by atoms with Gasteiger partial charge in [0, 0.05) is 38.3 Å². The fraction of sp³-hybridized carbons (Fsp3) is 0.464. The summed E-state index contributed by atoms with van der Waals surface area (Å²) in [6.07, 6.45) is -8.82. The number of piperidine rings is 1. The Morgan fingerprint density at radius 1 is 0.976 bits per heavy atom. The van der Waals surface area contributed by atoms with Gasteiger partial charge in [0.2, 0.25) is 5.91 Å². The van der Waals surface area contributed by atoms with E-state index in [0.717, 1.165) is 5.56 Å². The van der Waals surface area contributed by atoms with Crippen molar-refractivity contribution < 1.29 is 45.5 Å². The van der Waals surface area contributed by atoms with Crippen LogP contribution in [0.3, 0.4) is 0 Å². The maximum Gasteiger partial charge on any atom is 0.416 e. The number of alkyl halides is 6. The van der Waals surface area contributed by atoms with Crippen molar-refractivity contribution in [1.82, 2.24) is 9.80 Å². The number of benzene rings is 2. The summed E-state index contributed by atoms with van der Waals surface area (Å²) >= 11 is 0. The van der Waals surface area contributed by atoms with Gasteiger partial charge in [-0.1, -0.05) is 30.3 Å². The molecule has 1 fully saturated rings. The fourth-order valence-electron chi connectivity index (χ4n) is 4.50. The van der Waals surface area contributed by atoms with Crippen LogP contribution in [0.1, 0.15) is 42.9 Å². The number of urea groups is 1. The molecule has 13 heteroatoms. The van der Waals surface area contributed by atoms with E-state index < -0.39 is 47.1 Å². The first-order valence-corrected chi connectivity index (χ1v) is 13.1. The Hall–Kier alpha value is -3.77. The molecule has 3 rings (SSSR count). The van der Waals surface area contributed by atoms with E-state index in [9.17, 15) is 40.7 Å². The Labute approximate surface area is 233 Å². The zero-order chi connectivity index (χ0) is 30.2. The van der Waals surface area contributed by atoms with Crippen LogP contribution in [0.25, 0.3) is 0 Å². The molecule has 0 spiro atoms. The second kappa shape index (κ2) is 13.7. The summed E-state index contributed by atoms with van der Waals surface area (Å²) in [6.45, 7) is 2.36. The van der Waals surface area contributed by atoms with E-state index in [1.807, 2.05) is 0 Å². The lowest BCUT2D eigenvalue weighted by molar-refractivity contribution is -0.151. The third kappa shape index (κ3) is 9.39. The van der Waals surface area contributed by atoms with Crippen molar-refractivity contribution in [2.45, 2.75) is 45.0 Å². The van der Waals surface area contributed by atoms with Gasteiger partial charge in [-0.3, -0.25) is 9.59 Å². The molecule has 1 N–H and O–H groups in total. The van der Waals surface area contributed by atoms with E-state index in [2.05, 4.69) is 5.32 Å². The number of esters is 1. The maximum absolute atomic E-state index is 13.3. The van der Waals surface area contributed by atoms with Gasteiger partial charge in [-0.2, -0.15) is 26.3 Å². The summed E-state index contributed by atoms with van der Waals surface area (Å²) in [7, 11) is 0. The van der Waals surface area contributed by atoms with Crippen LogP contribution in [0.5, 0.6) is 0 Å². The molecule has 0 bridgehead atoms. The van der Waals surface area contributed by atoms with Crippen molar-refractivity contribution in [2.24, 2.45) is 5.92 Å². The Kier molecular flexibility index (Phi) is 10.6. The van der Waals surface area contributed by atoms with Crippen molar-refractivity contribution in [2.75, 3.05) is 38.1 Å². The summed E-state index contributed by atoms with van der Waals surface area (Å²) in [5.41, 5.74) is -2.96. The third-order valence-electron chi connectivity index (χ3n) is 6.63. The summed E-state index contributed by atoms with van der Waals surface area (Å²) in [5.74, 6) is -1.20. The molecule has 1 atom stereocenters. The zero-order valence-corrected chi connectivity index (χ0v) is 22.4. The lowest BCUT2D eigenvalue weighted by Crippen LogP contribution is -2.45. The summed E-state index contributed by atoms with van der Waals surface area (Å²) in [5, 5.41) is 2.14. The second-order valence-electron chi connectivity index (χ2n) is 9.63.